The molecule has 0 aromatic heterocycles. The summed E-state index contributed by atoms with van der Waals surface area (Å²) in [7, 11) is 0. The highest BCUT2D eigenvalue weighted by molar-refractivity contribution is 5.78. The van der Waals surface area contributed by atoms with E-state index in [1.54, 1.807) is 0 Å². The van der Waals surface area contributed by atoms with Crippen LogP contribution in [-0.2, 0) is 4.79 Å². The Morgan fingerprint density at radius 3 is 2.30 bits per heavy atom. The van der Waals surface area contributed by atoms with Gasteiger partial charge in [-0.3, -0.25) is 4.79 Å². The minimum Gasteiger partial charge on any atom is -0.339 e. The van der Waals surface area contributed by atoms with Crippen molar-refractivity contribution in [3.63, 3.8) is 0 Å². The molecule has 2 nitrogen and oxygen atoms in total. The summed E-state index contributed by atoms with van der Waals surface area (Å²) < 4.78 is 0. The largest absolute Gasteiger partial charge is 0.339 e. The molecule has 0 N–H and O–H groups in total. The predicted molar refractivity (Wildman–Crippen MR) is 88.7 cm³/mol. The van der Waals surface area contributed by atoms with E-state index >= 15 is 0 Å². The van der Waals surface area contributed by atoms with Crippen LogP contribution >= 0.6 is 0 Å². The monoisotopic (exact) mass is 279 g/mol. The van der Waals surface area contributed by atoms with Gasteiger partial charge in [-0.2, -0.15) is 0 Å². The fourth-order valence-electron chi connectivity index (χ4n) is 1.96. The third-order valence-corrected chi connectivity index (χ3v) is 3.34. The molecule has 20 heavy (non-hydrogen) atoms. The Bertz CT molecular complexity index is 335. The van der Waals surface area contributed by atoms with E-state index in [-0.39, 0.29) is 11.8 Å². The van der Waals surface area contributed by atoms with Gasteiger partial charge in [0, 0.05) is 19.0 Å². The number of allylic oxidation sites excluding steroid dienone is 3. The van der Waals surface area contributed by atoms with Crippen LogP contribution in [0.2, 0.25) is 0 Å². The van der Waals surface area contributed by atoms with Gasteiger partial charge in [0.2, 0.25) is 5.91 Å². The Morgan fingerprint density at radius 1 is 1.15 bits per heavy atom. The summed E-state index contributed by atoms with van der Waals surface area (Å²) in [5, 5.41) is 0. The molecule has 0 radical (unpaired) electrons. The zero-order valence-electron chi connectivity index (χ0n) is 14.3. The SMILES string of the molecule is CCCCN(CC=C(C)CCC=C(C)C)C(=O)C(C)C. The topological polar surface area (TPSA) is 20.3 Å². The van der Waals surface area contributed by atoms with Crippen molar-refractivity contribution in [2.45, 2.75) is 67.2 Å². The van der Waals surface area contributed by atoms with E-state index in [2.05, 4.69) is 39.8 Å². The molecule has 0 bridgehead atoms. The molecule has 0 aliphatic heterocycles. The van der Waals surface area contributed by atoms with Crippen molar-refractivity contribution in [2.75, 3.05) is 13.1 Å². The van der Waals surface area contributed by atoms with E-state index in [4.69, 9.17) is 0 Å². The van der Waals surface area contributed by atoms with Gasteiger partial charge in [0.15, 0.2) is 0 Å². The molecule has 116 valence electrons. The summed E-state index contributed by atoms with van der Waals surface area (Å²) in [5.41, 5.74) is 2.75. The summed E-state index contributed by atoms with van der Waals surface area (Å²) in [4.78, 5) is 14.2. The van der Waals surface area contributed by atoms with Crippen LogP contribution in [0.5, 0.6) is 0 Å². The zero-order valence-corrected chi connectivity index (χ0v) is 14.3. The number of unbranched alkanes of at least 4 members (excludes halogenated alkanes) is 1. The third-order valence-electron chi connectivity index (χ3n) is 3.34. The highest BCUT2D eigenvalue weighted by Crippen LogP contribution is 2.09. The van der Waals surface area contributed by atoms with E-state index < -0.39 is 0 Å². The van der Waals surface area contributed by atoms with Crippen LogP contribution in [0.3, 0.4) is 0 Å². The van der Waals surface area contributed by atoms with Gasteiger partial charge in [-0.1, -0.05) is 50.5 Å². The molecule has 0 aromatic carbocycles. The molecule has 0 unspecified atom stereocenters. The van der Waals surface area contributed by atoms with Gasteiger partial charge in [0.1, 0.15) is 0 Å². The number of amides is 1. The highest BCUT2D eigenvalue weighted by atomic mass is 16.2. The lowest BCUT2D eigenvalue weighted by Gasteiger charge is -2.23. The van der Waals surface area contributed by atoms with Crippen LogP contribution in [0.25, 0.3) is 0 Å². The van der Waals surface area contributed by atoms with Crippen LogP contribution in [0, 0.1) is 5.92 Å². The molecule has 0 heterocycles. The van der Waals surface area contributed by atoms with E-state index in [1.807, 2.05) is 18.7 Å². The molecule has 0 aliphatic carbocycles. The molecule has 0 spiro atoms. The van der Waals surface area contributed by atoms with Gasteiger partial charge in [-0.05, 0) is 40.0 Å². The van der Waals surface area contributed by atoms with Gasteiger partial charge in [-0.15, -0.1) is 0 Å². The molecule has 0 aromatic rings. The van der Waals surface area contributed by atoms with Crippen molar-refractivity contribution < 1.29 is 4.79 Å². The van der Waals surface area contributed by atoms with Crippen molar-refractivity contribution >= 4 is 5.91 Å². The fraction of sp³-hybridized carbons (Fsp3) is 0.722. The number of nitrogens with zero attached hydrogens (tertiary/aromatic N) is 1. The predicted octanol–water partition coefficient (Wildman–Crippen LogP) is 4.96. The second kappa shape index (κ2) is 10.7. The number of hydrogen-bond donors (Lipinski definition) is 0. The van der Waals surface area contributed by atoms with Gasteiger partial charge >= 0.3 is 0 Å². The van der Waals surface area contributed by atoms with E-state index in [0.29, 0.717) is 0 Å². The Morgan fingerprint density at radius 2 is 1.80 bits per heavy atom. The average Bonchev–Trinajstić information content (AvgIpc) is 2.37. The maximum absolute atomic E-state index is 12.2. The molecule has 0 saturated carbocycles. The molecular formula is C18H33NO. The molecule has 1 amide bonds. The average molecular weight is 279 g/mol. The first kappa shape index (κ1) is 18.9. The lowest BCUT2D eigenvalue weighted by Crippen LogP contribution is -2.35. The van der Waals surface area contributed by atoms with E-state index in [9.17, 15) is 4.79 Å². The minimum absolute atomic E-state index is 0.0891. The van der Waals surface area contributed by atoms with E-state index in [0.717, 1.165) is 38.8 Å². The van der Waals surface area contributed by atoms with Crippen LogP contribution in [-0.4, -0.2) is 23.9 Å². The number of rotatable bonds is 9. The minimum atomic E-state index is 0.0891. The Balaban J connectivity index is 4.41. The first-order chi connectivity index (χ1) is 9.38. The normalized spacial score (nSPS) is 11.7. The Kier molecular flexibility index (Phi) is 10.1. The molecule has 0 atom stereocenters. The van der Waals surface area contributed by atoms with Gasteiger partial charge in [0.25, 0.3) is 0 Å². The molecule has 2 heteroatoms. The lowest BCUT2D eigenvalue weighted by atomic mass is 10.1. The number of carbonyl (C=O) groups is 1. The zero-order chi connectivity index (χ0) is 15.5. The number of carbonyl (C=O) groups excluding carboxylic acids is 1. The lowest BCUT2D eigenvalue weighted by molar-refractivity contribution is -0.134. The summed E-state index contributed by atoms with van der Waals surface area (Å²) >= 11 is 0. The van der Waals surface area contributed by atoms with Crippen LogP contribution in [0.4, 0.5) is 0 Å². The maximum atomic E-state index is 12.2. The van der Waals surface area contributed by atoms with Gasteiger partial charge in [-0.25, -0.2) is 0 Å². The quantitative estimate of drug-likeness (QED) is 0.546. The molecule has 0 aliphatic rings. The van der Waals surface area contributed by atoms with Crippen molar-refractivity contribution in [1.29, 1.82) is 0 Å². The van der Waals surface area contributed by atoms with Crippen molar-refractivity contribution in [1.82, 2.24) is 4.90 Å². The second-order valence-electron chi connectivity index (χ2n) is 6.16. The molecule has 0 fully saturated rings. The fourth-order valence-corrected chi connectivity index (χ4v) is 1.96. The summed E-state index contributed by atoms with van der Waals surface area (Å²) in [6, 6.07) is 0. The van der Waals surface area contributed by atoms with Gasteiger partial charge in [0.05, 0.1) is 0 Å². The Hall–Kier alpha value is -1.05. The highest BCUT2D eigenvalue weighted by Gasteiger charge is 2.15. The van der Waals surface area contributed by atoms with Crippen LogP contribution in [0.1, 0.15) is 67.2 Å². The van der Waals surface area contributed by atoms with Crippen LogP contribution in [0.15, 0.2) is 23.3 Å². The smallest absolute Gasteiger partial charge is 0.225 e. The third kappa shape index (κ3) is 8.95. The standard InChI is InChI=1S/C18H33NO/c1-7-8-13-19(18(20)16(4)5)14-12-17(6)11-9-10-15(2)3/h10,12,16H,7-9,11,13-14H2,1-6H3. The second-order valence-corrected chi connectivity index (χ2v) is 6.16. The first-order valence-electron chi connectivity index (χ1n) is 7.96. The summed E-state index contributed by atoms with van der Waals surface area (Å²) in [6.07, 6.45) is 8.88. The number of hydrogen-bond acceptors (Lipinski definition) is 1. The molecular weight excluding hydrogens is 246 g/mol. The van der Waals surface area contributed by atoms with Gasteiger partial charge < -0.3 is 4.90 Å². The van der Waals surface area contributed by atoms with Crippen molar-refractivity contribution in [3.8, 4) is 0 Å². The van der Waals surface area contributed by atoms with Crippen molar-refractivity contribution in [3.05, 3.63) is 23.3 Å². The summed E-state index contributed by atoms with van der Waals surface area (Å²) in [6.45, 7) is 14.2. The van der Waals surface area contributed by atoms with Crippen molar-refractivity contribution in [2.24, 2.45) is 5.92 Å². The van der Waals surface area contributed by atoms with Crippen LogP contribution < -0.4 is 0 Å². The maximum Gasteiger partial charge on any atom is 0.225 e. The first-order valence-corrected chi connectivity index (χ1v) is 7.96. The molecule has 0 rings (SSSR count). The summed E-state index contributed by atoms with van der Waals surface area (Å²) in [5.74, 6) is 0.359. The van der Waals surface area contributed by atoms with E-state index in [1.165, 1.54) is 11.1 Å². The molecule has 0 saturated heterocycles. The Labute approximate surface area is 125 Å².